The highest BCUT2D eigenvalue weighted by Crippen LogP contribution is 2.19. The van der Waals surface area contributed by atoms with Crippen molar-refractivity contribution in [2.75, 3.05) is 19.8 Å². The number of nitrogens with zero attached hydrogens (tertiary/aromatic N) is 1. The topological polar surface area (TPSA) is 148 Å². The monoisotopic (exact) mass is 573 g/mol. The molecular formula is C28H39N5O6S. The predicted octanol–water partition coefficient (Wildman–Crippen LogP) is 1.89. The van der Waals surface area contributed by atoms with Gasteiger partial charge in [0.15, 0.2) is 0 Å². The number of carbonyl (C=O) groups is 4. The van der Waals surface area contributed by atoms with Gasteiger partial charge in [-0.1, -0.05) is 12.1 Å². The highest BCUT2D eigenvalue weighted by Gasteiger charge is 2.30. The van der Waals surface area contributed by atoms with Gasteiger partial charge in [0.05, 0.1) is 35.2 Å². The van der Waals surface area contributed by atoms with Gasteiger partial charge in [0, 0.05) is 24.0 Å². The summed E-state index contributed by atoms with van der Waals surface area (Å²) in [5, 5.41) is 13.9. The molecule has 0 saturated carbocycles. The molecule has 0 unspecified atom stereocenters. The third-order valence-corrected chi connectivity index (χ3v) is 6.91. The van der Waals surface area contributed by atoms with Gasteiger partial charge in [-0.25, -0.2) is 4.98 Å². The lowest BCUT2D eigenvalue weighted by molar-refractivity contribution is -0.134. The molecule has 0 saturated heterocycles. The van der Waals surface area contributed by atoms with E-state index in [0.29, 0.717) is 25.1 Å². The number of aryl methyl sites for hydroxylation is 2. The first-order chi connectivity index (χ1) is 18.9. The molecule has 3 atom stereocenters. The van der Waals surface area contributed by atoms with Gasteiger partial charge in [0.1, 0.15) is 24.4 Å². The van der Waals surface area contributed by atoms with Crippen molar-refractivity contribution in [3.63, 3.8) is 0 Å². The average molecular weight is 574 g/mol. The summed E-state index contributed by atoms with van der Waals surface area (Å²) in [5.74, 6) is -1.78. The van der Waals surface area contributed by atoms with Crippen LogP contribution >= 0.6 is 11.3 Å². The summed E-state index contributed by atoms with van der Waals surface area (Å²) in [6.45, 7) is 9.56. The molecule has 4 amide bonds. The first-order valence-electron chi connectivity index (χ1n) is 13.4. The molecule has 2 aromatic rings. The highest BCUT2D eigenvalue weighted by molar-refractivity contribution is 7.09. The zero-order valence-electron chi connectivity index (χ0n) is 23.7. The maximum absolute atomic E-state index is 13.2. The molecule has 40 heavy (non-hydrogen) atoms. The normalized spacial score (nSPS) is 20.7. The fourth-order valence-corrected chi connectivity index (χ4v) is 4.69. The summed E-state index contributed by atoms with van der Waals surface area (Å²) >= 11 is 1.56. The van der Waals surface area contributed by atoms with Crippen LogP contribution < -0.4 is 26.0 Å². The minimum absolute atomic E-state index is 0.0725. The number of carbonyl (C=O) groups excluding carboxylic acids is 4. The van der Waals surface area contributed by atoms with Crippen molar-refractivity contribution in [2.24, 2.45) is 0 Å². The number of benzene rings is 1. The molecule has 2 heterocycles. The van der Waals surface area contributed by atoms with E-state index in [1.807, 2.05) is 33.1 Å². The van der Waals surface area contributed by atoms with Gasteiger partial charge < -0.3 is 30.7 Å². The maximum Gasteiger partial charge on any atom is 0.255 e. The first kappa shape index (κ1) is 31.0. The highest BCUT2D eigenvalue weighted by atomic mass is 32.1. The largest absolute Gasteiger partial charge is 0.491 e. The average Bonchev–Trinajstić information content (AvgIpc) is 3.31. The second-order valence-corrected chi connectivity index (χ2v) is 11.7. The van der Waals surface area contributed by atoms with Crippen LogP contribution in [0.25, 0.3) is 0 Å². The summed E-state index contributed by atoms with van der Waals surface area (Å²) < 4.78 is 11.6. The number of nitrogens with one attached hydrogen (secondary N) is 4. The molecule has 0 spiro atoms. The van der Waals surface area contributed by atoms with Crippen LogP contribution in [0, 0.1) is 6.92 Å². The lowest BCUT2D eigenvalue weighted by Gasteiger charge is -2.27. The van der Waals surface area contributed by atoms with Gasteiger partial charge in [-0.2, -0.15) is 0 Å². The summed E-state index contributed by atoms with van der Waals surface area (Å²) in [5.41, 5.74) is 0.624. The van der Waals surface area contributed by atoms with E-state index in [2.05, 4.69) is 26.3 Å². The Bertz CT molecular complexity index is 1190. The smallest absolute Gasteiger partial charge is 0.255 e. The van der Waals surface area contributed by atoms with Crippen LogP contribution in [0.5, 0.6) is 5.75 Å². The zero-order valence-corrected chi connectivity index (χ0v) is 24.5. The van der Waals surface area contributed by atoms with Gasteiger partial charge >= 0.3 is 0 Å². The van der Waals surface area contributed by atoms with Crippen LogP contribution in [0.3, 0.4) is 0 Å². The molecule has 1 aliphatic rings. The quantitative estimate of drug-likeness (QED) is 0.370. The Balaban J connectivity index is 1.78. The van der Waals surface area contributed by atoms with Crippen molar-refractivity contribution < 1.29 is 28.7 Å². The van der Waals surface area contributed by atoms with E-state index in [0.717, 1.165) is 10.7 Å². The van der Waals surface area contributed by atoms with Crippen LogP contribution in [0.15, 0.2) is 29.6 Å². The molecule has 4 N–H and O–H groups in total. The van der Waals surface area contributed by atoms with E-state index < -0.39 is 47.4 Å². The van der Waals surface area contributed by atoms with E-state index in [4.69, 9.17) is 9.47 Å². The number of aromatic nitrogens is 1. The minimum atomic E-state index is -1.18. The van der Waals surface area contributed by atoms with E-state index in [1.54, 1.807) is 42.5 Å². The zero-order chi connectivity index (χ0) is 29.3. The van der Waals surface area contributed by atoms with Crippen molar-refractivity contribution >= 4 is 35.0 Å². The van der Waals surface area contributed by atoms with Crippen LogP contribution in [-0.2, 0) is 25.5 Å². The molecule has 0 fully saturated rings. The summed E-state index contributed by atoms with van der Waals surface area (Å²) in [6, 6.07) is 4.00. The molecule has 11 nitrogen and oxygen atoms in total. The molecule has 12 heteroatoms. The number of hydrogen-bond donors (Lipinski definition) is 4. The van der Waals surface area contributed by atoms with Crippen LogP contribution in [0.4, 0.5) is 0 Å². The Hall–Kier alpha value is -3.51. The van der Waals surface area contributed by atoms with Crippen molar-refractivity contribution in [3.8, 4) is 5.75 Å². The van der Waals surface area contributed by atoms with E-state index >= 15 is 0 Å². The van der Waals surface area contributed by atoms with Crippen LogP contribution in [0.2, 0.25) is 0 Å². The van der Waals surface area contributed by atoms with E-state index in [-0.39, 0.29) is 25.2 Å². The molecule has 1 aromatic carbocycles. The van der Waals surface area contributed by atoms with Crippen molar-refractivity contribution in [3.05, 3.63) is 45.9 Å². The van der Waals surface area contributed by atoms with Crippen molar-refractivity contribution in [1.29, 1.82) is 0 Å². The number of fused-ring (bicyclic) bond motifs is 1. The van der Waals surface area contributed by atoms with Crippen molar-refractivity contribution in [2.45, 2.75) is 77.6 Å². The number of hydrogen-bond acceptors (Lipinski definition) is 8. The Kier molecular flexibility index (Phi) is 11.0. The van der Waals surface area contributed by atoms with Crippen LogP contribution in [0.1, 0.15) is 61.6 Å². The lowest BCUT2D eigenvalue weighted by Crippen LogP contribution is -2.55. The van der Waals surface area contributed by atoms with Gasteiger partial charge in [-0.05, 0) is 53.2 Å². The fourth-order valence-electron chi connectivity index (χ4n) is 3.87. The number of thiazole rings is 1. The van der Waals surface area contributed by atoms with E-state index in [9.17, 15) is 19.2 Å². The van der Waals surface area contributed by atoms with Gasteiger partial charge in [-0.3, -0.25) is 19.2 Å². The standard InChI is InChI=1S/C28H39N5O6S/c1-17-14-38-22-10-7-6-9-19(22)25(35)33-20(26(36)29-12-8-11-24-30-18(2)16-40-24)13-23(34)32-21(27(37)31-17)15-39-28(3,4)5/h6-7,9-10,16-17,20-21H,8,11-15H2,1-5H3,(H,29,36)(H,31,37)(H,32,34)(H,33,35)/t17-,20+,21+/m1/s1. The summed E-state index contributed by atoms with van der Waals surface area (Å²) in [4.78, 5) is 56.9. The van der Waals surface area contributed by atoms with Gasteiger partial charge in [-0.15, -0.1) is 11.3 Å². The first-order valence-corrected chi connectivity index (χ1v) is 14.2. The second kappa shape index (κ2) is 14.2. The van der Waals surface area contributed by atoms with E-state index in [1.165, 1.54) is 0 Å². The summed E-state index contributed by atoms with van der Waals surface area (Å²) in [7, 11) is 0. The number of amides is 4. The fraction of sp³-hybridized carbons (Fsp3) is 0.536. The molecule has 218 valence electrons. The Morgan fingerprint density at radius 1 is 1.18 bits per heavy atom. The number of para-hydroxylation sites is 1. The molecule has 0 aliphatic carbocycles. The lowest BCUT2D eigenvalue weighted by atomic mass is 10.1. The predicted molar refractivity (Wildman–Crippen MR) is 151 cm³/mol. The van der Waals surface area contributed by atoms with Gasteiger partial charge in [0.25, 0.3) is 5.91 Å². The number of ether oxygens (including phenoxy) is 2. The molecule has 0 radical (unpaired) electrons. The Labute approximate surface area is 238 Å². The summed E-state index contributed by atoms with van der Waals surface area (Å²) in [6.07, 6.45) is 0.970. The minimum Gasteiger partial charge on any atom is -0.491 e. The SMILES string of the molecule is Cc1csc(CCCNC(=O)[C@@H]2CC(=O)N[C@@H](COC(C)(C)C)C(=O)N[C@H](C)COc3ccccc3C(=O)N2)n1. The molecule has 1 aromatic heterocycles. The molecule has 3 rings (SSSR count). The number of rotatable bonds is 7. The van der Waals surface area contributed by atoms with Crippen LogP contribution in [-0.4, -0.2) is 72.1 Å². The van der Waals surface area contributed by atoms with Gasteiger partial charge in [0.2, 0.25) is 17.7 Å². The second-order valence-electron chi connectivity index (χ2n) is 10.8. The maximum atomic E-state index is 13.2. The molecule has 1 aliphatic heterocycles. The molecule has 0 bridgehead atoms. The van der Waals surface area contributed by atoms with Crippen molar-refractivity contribution in [1.82, 2.24) is 26.3 Å². The Morgan fingerprint density at radius 2 is 1.93 bits per heavy atom. The third kappa shape index (κ3) is 9.91. The molecular weight excluding hydrogens is 534 g/mol. The third-order valence-electron chi connectivity index (χ3n) is 5.89. The Morgan fingerprint density at radius 3 is 2.62 bits per heavy atom.